The first-order valence-corrected chi connectivity index (χ1v) is 11.3. The molecule has 33 heavy (non-hydrogen) atoms. The van der Waals surface area contributed by atoms with Crippen LogP contribution in [0.25, 0.3) is 5.69 Å². The van der Waals surface area contributed by atoms with Crippen molar-refractivity contribution < 1.29 is 0 Å². The summed E-state index contributed by atoms with van der Waals surface area (Å²) in [4.78, 5) is 13.2. The van der Waals surface area contributed by atoms with Crippen LogP contribution in [0.3, 0.4) is 0 Å². The quantitative estimate of drug-likeness (QED) is 0.433. The zero-order valence-electron chi connectivity index (χ0n) is 18.7. The van der Waals surface area contributed by atoms with Crippen molar-refractivity contribution >= 4 is 23.0 Å². The minimum Gasteiger partial charge on any atom is -0.378 e. The first-order chi connectivity index (χ1) is 16.1. The zero-order valence-corrected chi connectivity index (χ0v) is 19.5. The molecule has 0 saturated carbocycles. The van der Waals surface area contributed by atoms with Gasteiger partial charge in [0.2, 0.25) is 0 Å². The molecule has 5 rings (SSSR count). The standard InChI is InChI=1S/C26H26N6S/c1-30(2)20-8-10-21(11-9-20)31-17-5-7-23(31)25-24(22-6-3-4-14-28-22)29-26(33)32(25)18-19-12-15-27-16-13-19/h3-17,24-25H,18H2,1-2H3,(H,29,33)/t24-,25-/m1/s1. The monoisotopic (exact) mass is 454 g/mol. The Hall–Kier alpha value is -3.71. The van der Waals surface area contributed by atoms with Gasteiger partial charge in [-0.05, 0) is 78.4 Å². The normalized spacial score (nSPS) is 17.8. The van der Waals surface area contributed by atoms with Crippen LogP contribution in [0, 0.1) is 0 Å². The molecule has 0 bridgehead atoms. The Morgan fingerprint density at radius 3 is 2.42 bits per heavy atom. The zero-order chi connectivity index (χ0) is 22.8. The van der Waals surface area contributed by atoms with Gasteiger partial charge in [-0.15, -0.1) is 0 Å². The average molecular weight is 455 g/mol. The van der Waals surface area contributed by atoms with E-state index >= 15 is 0 Å². The lowest BCUT2D eigenvalue weighted by Gasteiger charge is -2.29. The van der Waals surface area contributed by atoms with Crippen molar-refractivity contribution in [1.82, 2.24) is 24.8 Å². The van der Waals surface area contributed by atoms with Crippen LogP contribution in [-0.2, 0) is 6.54 Å². The minimum atomic E-state index is -0.0600. The van der Waals surface area contributed by atoms with Gasteiger partial charge in [-0.3, -0.25) is 9.97 Å². The van der Waals surface area contributed by atoms with Crippen molar-refractivity contribution in [3.8, 4) is 5.69 Å². The highest BCUT2D eigenvalue weighted by atomic mass is 32.1. The smallest absolute Gasteiger partial charge is 0.170 e. The van der Waals surface area contributed by atoms with Crippen molar-refractivity contribution in [3.05, 3.63) is 108 Å². The Morgan fingerprint density at radius 2 is 1.73 bits per heavy atom. The van der Waals surface area contributed by atoms with E-state index in [0.717, 1.165) is 27.8 Å². The first kappa shape index (κ1) is 21.2. The lowest BCUT2D eigenvalue weighted by atomic mass is 10.0. The molecule has 1 saturated heterocycles. The molecule has 1 N–H and O–H groups in total. The number of nitrogens with zero attached hydrogens (tertiary/aromatic N) is 5. The van der Waals surface area contributed by atoms with E-state index in [0.29, 0.717) is 6.54 Å². The summed E-state index contributed by atoms with van der Waals surface area (Å²) in [5.74, 6) is 0. The third-order valence-corrected chi connectivity index (χ3v) is 6.38. The van der Waals surface area contributed by atoms with Crippen LogP contribution in [0.2, 0.25) is 0 Å². The average Bonchev–Trinajstić information content (AvgIpc) is 3.45. The van der Waals surface area contributed by atoms with Crippen LogP contribution < -0.4 is 10.2 Å². The Balaban J connectivity index is 1.57. The number of nitrogens with one attached hydrogen (secondary N) is 1. The lowest BCUT2D eigenvalue weighted by Crippen LogP contribution is -2.30. The topological polar surface area (TPSA) is 49.2 Å². The number of thiocarbonyl (C=S) groups is 1. The molecule has 3 aromatic heterocycles. The molecule has 1 aliphatic heterocycles. The Bertz CT molecular complexity index is 1220. The van der Waals surface area contributed by atoms with Crippen molar-refractivity contribution in [2.45, 2.75) is 18.6 Å². The molecule has 2 atom stereocenters. The van der Waals surface area contributed by atoms with Gasteiger partial charge >= 0.3 is 0 Å². The Morgan fingerprint density at radius 1 is 0.939 bits per heavy atom. The van der Waals surface area contributed by atoms with E-state index in [1.54, 1.807) is 0 Å². The maximum atomic E-state index is 5.83. The highest BCUT2D eigenvalue weighted by molar-refractivity contribution is 7.80. The van der Waals surface area contributed by atoms with Crippen molar-refractivity contribution in [2.75, 3.05) is 19.0 Å². The molecule has 4 heterocycles. The first-order valence-electron chi connectivity index (χ1n) is 10.9. The van der Waals surface area contributed by atoms with Gasteiger partial charge < -0.3 is 19.7 Å². The summed E-state index contributed by atoms with van der Waals surface area (Å²) in [6.07, 6.45) is 7.59. The van der Waals surface area contributed by atoms with Gasteiger partial charge in [-0.1, -0.05) is 6.07 Å². The van der Waals surface area contributed by atoms with Crippen molar-refractivity contribution in [2.24, 2.45) is 0 Å². The molecule has 0 amide bonds. The van der Waals surface area contributed by atoms with Crippen LogP contribution >= 0.6 is 12.2 Å². The van der Waals surface area contributed by atoms with Gasteiger partial charge in [0, 0.05) is 62.5 Å². The molecule has 0 unspecified atom stereocenters. The number of rotatable bonds is 6. The number of pyridine rings is 2. The van der Waals surface area contributed by atoms with Crippen LogP contribution in [0.1, 0.15) is 29.0 Å². The molecular formula is C26H26N6S. The molecule has 4 aromatic rings. The number of anilines is 1. The van der Waals surface area contributed by atoms with Crippen molar-refractivity contribution in [3.63, 3.8) is 0 Å². The van der Waals surface area contributed by atoms with E-state index < -0.39 is 0 Å². The molecule has 0 radical (unpaired) electrons. The van der Waals surface area contributed by atoms with Crippen LogP contribution in [0.15, 0.2) is 91.5 Å². The Labute approximate surface area is 199 Å². The third-order valence-electron chi connectivity index (χ3n) is 6.03. The van der Waals surface area contributed by atoms with E-state index in [2.05, 4.69) is 92.4 Å². The van der Waals surface area contributed by atoms with Gasteiger partial charge in [-0.25, -0.2) is 0 Å². The second-order valence-corrected chi connectivity index (χ2v) is 8.71. The van der Waals surface area contributed by atoms with Crippen LogP contribution in [0.5, 0.6) is 0 Å². The van der Waals surface area contributed by atoms with Gasteiger partial charge in [0.15, 0.2) is 5.11 Å². The second-order valence-electron chi connectivity index (χ2n) is 8.32. The molecular weight excluding hydrogens is 428 g/mol. The molecule has 1 fully saturated rings. The molecule has 1 aliphatic rings. The fraction of sp³-hybridized carbons (Fsp3) is 0.192. The molecule has 1 aromatic carbocycles. The number of benzene rings is 1. The fourth-order valence-corrected chi connectivity index (χ4v) is 4.67. The van der Waals surface area contributed by atoms with Crippen molar-refractivity contribution in [1.29, 1.82) is 0 Å². The summed E-state index contributed by atoms with van der Waals surface area (Å²) in [5.41, 5.74) is 5.57. The largest absolute Gasteiger partial charge is 0.378 e. The van der Waals surface area contributed by atoms with E-state index in [9.17, 15) is 0 Å². The molecule has 0 spiro atoms. The van der Waals surface area contributed by atoms with E-state index in [1.165, 1.54) is 5.69 Å². The summed E-state index contributed by atoms with van der Waals surface area (Å²) in [6.45, 7) is 0.688. The minimum absolute atomic E-state index is 0.0240. The lowest BCUT2D eigenvalue weighted by molar-refractivity contribution is 0.302. The fourth-order valence-electron chi connectivity index (χ4n) is 4.36. The molecule has 166 valence electrons. The summed E-state index contributed by atoms with van der Waals surface area (Å²) in [6, 6.07) is 22.9. The summed E-state index contributed by atoms with van der Waals surface area (Å²) in [7, 11) is 4.10. The van der Waals surface area contributed by atoms with Gasteiger partial charge in [0.1, 0.15) is 0 Å². The maximum absolute atomic E-state index is 5.83. The number of hydrogen-bond donors (Lipinski definition) is 1. The maximum Gasteiger partial charge on any atom is 0.170 e. The summed E-state index contributed by atoms with van der Waals surface area (Å²) >= 11 is 5.83. The summed E-state index contributed by atoms with van der Waals surface area (Å²) in [5, 5.41) is 4.27. The third kappa shape index (κ3) is 4.19. The predicted octanol–water partition coefficient (Wildman–Crippen LogP) is 4.51. The van der Waals surface area contributed by atoms with Crippen LogP contribution in [-0.4, -0.2) is 38.6 Å². The molecule has 7 heteroatoms. The second kappa shape index (κ2) is 9.03. The van der Waals surface area contributed by atoms with E-state index in [1.807, 2.05) is 42.9 Å². The highest BCUT2D eigenvalue weighted by Gasteiger charge is 2.41. The van der Waals surface area contributed by atoms with Gasteiger partial charge in [-0.2, -0.15) is 0 Å². The SMILES string of the molecule is CN(C)c1ccc(-n2cccc2[C@@H]2[C@@H](c3ccccn3)NC(=S)N2Cc2ccncc2)cc1. The Kier molecular flexibility index (Phi) is 5.79. The van der Waals surface area contributed by atoms with E-state index in [4.69, 9.17) is 12.2 Å². The van der Waals surface area contributed by atoms with E-state index in [-0.39, 0.29) is 12.1 Å². The van der Waals surface area contributed by atoms with Gasteiger partial charge in [0.25, 0.3) is 0 Å². The van der Waals surface area contributed by atoms with Crippen LogP contribution in [0.4, 0.5) is 5.69 Å². The van der Waals surface area contributed by atoms with Gasteiger partial charge in [0.05, 0.1) is 17.8 Å². The number of hydrogen-bond acceptors (Lipinski definition) is 4. The molecule has 6 nitrogen and oxygen atoms in total. The number of aromatic nitrogens is 3. The predicted molar refractivity (Wildman–Crippen MR) is 135 cm³/mol. The highest BCUT2D eigenvalue weighted by Crippen LogP contribution is 2.40. The molecule has 0 aliphatic carbocycles. The summed E-state index contributed by atoms with van der Waals surface area (Å²) < 4.78 is 2.25.